The number of hydrogen-bond acceptors (Lipinski definition) is 6. The van der Waals surface area contributed by atoms with Crippen LogP contribution >= 0.6 is 0 Å². The number of halogens is 3. The number of aromatic nitrogens is 2. The van der Waals surface area contributed by atoms with E-state index in [4.69, 9.17) is 4.52 Å². The zero-order chi connectivity index (χ0) is 25.5. The van der Waals surface area contributed by atoms with Crippen LogP contribution in [0.5, 0.6) is 0 Å². The molecule has 3 heterocycles. The topological polar surface area (TPSA) is 85.5 Å². The Hall–Kier alpha value is -3.56. The smallest absolute Gasteiger partial charge is 0.416 e. The van der Waals surface area contributed by atoms with Gasteiger partial charge in [-0.3, -0.25) is 0 Å². The van der Waals surface area contributed by atoms with Crippen molar-refractivity contribution >= 4 is 11.9 Å². The molecule has 0 N–H and O–H groups in total. The van der Waals surface area contributed by atoms with E-state index in [0.717, 1.165) is 36.1 Å². The Labute approximate surface area is 206 Å². The molecule has 1 saturated heterocycles. The number of carbonyl (C=O) groups is 1. The van der Waals surface area contributed by atoms with E-state index in [9.17, 15) is 23.1 Å². The van der Waals surface area contributed by atoms with Crippen LogP contribution in [0, 0.1) is 12.3 Å². The molecule has 1 amide bonds. The first-order chi connectivity index (χ1) is 17.2. The van der Waals surface area contributed by atoms with Crippen LogP contribution in [0.2, 0.25) is 0 Å². The molecule has 1 spiro atoms. The molecular weight excluding hydrogens is 473 g/mol. The summed E-state index contributed by atoms with van der Waals surface area (Å²) in [7, 11) is 0. The number of aryl methyl sites for hydroxylation is 1. The summed E-state index contributed by atoms with van der Waals surface area (Å²) in [6, 6.07) is 11.3. The molecule has 1 aliphatic carbocycles. The Kier molecular flexibility index (Phi) is 6.13. The normalized spacial score (nSPS) is 17.7. The lowest BCUT2D eigenvalue weighted by Gasteiger charge is -2.55. The maximum Gasteiger partial charge on any atom is 0.416 e. The molecule has 1 aliphatic heterocycles. The lowest BCUT2D eigenvalue weighted by atomic mass is 9.60. The molecule has 2 aliphatic rings. The number of anilines is 1. The van der Waals surface area contributed by atoms with E-state index >= 15 is 0 Å². The zero-order valence-electron chi connectivity index (χ0n) is 19.8. The summed E-state index contributed by atoms with van der Waals surface area (Å²) in [4.78, 5) is 19.5. The molecule has 10 heteroatoms. The van der Waals surface area contributed by atoms with Crippen molar-refractivity contribution in [3.05, 3.63) is 65.5 Å². The van der Waals surface area contributed by atoms with Gasteiger partial charge in [0, 0.05) is 36.5 Å². The summed E-state index contributed by atoms with van der Waals surface area (Å²) < 4.78 is 44.6. The third-order valence-corrected chi connectivity index (χ3v) is 7.59. The number of pyridine rings is 1. The Morgan fingerprint density at radius 2 is 1.89 bits per heavy atom. The molecule has 0 radical (unpaired) electrons. The van der Waals surface area contributed by atoms with Gasteiger partial charge >= 0.3 is 6.18 Å². The van der Waals surface area contributed by atoms with Gasteiger partial charge in [-0.1, -0.05) is 35.5 Å². The maximum atomic E-state index is 13.1. The molecule has 0 unspecified atom stereocenters. The Bertz CT molecular complexity index is 1230. The van der Waals surface area contributed by atoms with Crippen LogP contribution in [0.25, 0.3) is 11.3 Å². The first kappa shape index (κ1) is 24.1. The van der Waals surface area contributed by atoms with Crippen LogP contribution in [0.1, 0.15) is 42.6 Å². The number of hydrogen-bond donors (Lipinski definition) is 0. The lowest BCUT2D eigenvalue weighted by molar-refractivity contribution is -0.272. The van der Waals surface area contributed by atoms with Crippen molar-refractivity contribution in [1.82, 2.24) is 15.0 Å². The molecule has 7 nitrogen and oxygen atoms in total. The van der Waals surface area contributed by atoms with Gasteiger partial charge in [-0.25, -0.2) is 4.98 Å². The predicted molar refractivity (Wildman–Crippen MR) is 124 cm³/mol. The Balaban J connectivity index is 1.24. The highest BCUT2D eigenvalue weighted by Gasteiger charge is 2.48. The molecule has 3 aromatic rings. The van der Waals surface area contributed by atoms with Crippen LogP contribution in [-0.2, 0) is 12.7 Å². The van der Waals surface area contributed by atoms with E-state index in [-0.39, 0.29) is 18.0 Å². The maximum absolute atomic E-state index is 13.1. The fourth-order valence-corrected chi connectivity index (χ4v) is 5.46. The second-order valence-corrected chi connectivity index (χ2v) is 9.78. The summed E-state index contributed by atoms with van der Waals surface area (Å²) >= 11 is 0. The average Bonchev–Trinajstić information content (AvgIpc) is 3.21. The largest absolute Gasteiger partial charge is 0.530 e. The summed E-state index contributed by atoms with van der Waals surface area (Å²) in [5, 5.41) is 16.2. The molecule has 190 valence electrons. The lowest BCUT2D eigenvalue weighted by Crippen LogP contribution is -2.58. The van der Waals surface area contributed by atoms with Crippen LogP contribution in [0.4, 0.5) is 23.8 Å². The van der Waals surface area contributed by atoms with Gasteiger partial charge in [-0.15, -0.1) is 0 Å². The van der Waals surface area contributed by atoms with Gasteiger partial charge in [0.1, 0.15) is 23.4 Å². The summed E-state index contributed by atoms with van der Waals surface area (Å²) in [5.41, 5.74) is 1.46. The number of piperidine rings is 1. The summed E-state index contributed by atoms with van der Waals surface area (Å²) in [6.45, 7) is 3.05. The summed E-state index contributed by atoms with van der Waals surface area (Å²) in [6.07, 6.45) is -1.54. The number of carboxylic acid groups (broad SMARTS) is 1. The predicted octanol–water partition coefficient (Wildman–Crippen LogP) is 4.66. The second-order valence-electron chi connectivity index (χ2n) is 9.78. The molecule has 1 saturated carbocycles. The monoisotopic (exact) mass is 499 g/mol. The van der Waals surface area contributed by atoms with Gasteiger partial charge in [0.15, 0.2) is 0 Å². The molecular formula is C26H26F3N4O3-. The van der Waals surface area contributed by atoms with Gasteiger partial charge in [-0.2, -0.15) is 13.2 Å². The van der Waals surface area contributed by atoms with Crippen LogP contribution in [-0.4, -0.2) is 40.3 Å². The van der Waals surface area contributed by atoms with Gasteiger partial charge in [0.2, 0.25) is 0 Å². The van der Waals surface area contributed by atoms with Crippen molar-refractivity contribution in [1.29, 1.82) is 0 Å². The second kappa shape index (κ2) is 9.15. The quantitative estimate of drug-likeness (QED) is 0.508. The molecule has 36 heavy (non-hydrogen) atoms. The first-order valence-corrected chi connectivity index (χ1v) is 11.9. The third-order valence-electron chi connectivity index (χ3n) is 7.59. The number of nitrogens with zero attached hydrogens (tertiary/aromatic N) is 4. The van der Waals surface area contributed by atoms with Crippen LogP contribution in [0.15, 0.2) is 53.2 Å². The molecule has 0 bridgehead atoms. The highest BCUT2D eigenvalue weighted by Crippen LogP contribution is 2.51. The van der Waals surface area contributed by atoms with E-state index in [1.165, 1.54) is 11.1 Å². The number of amides is 1. The van der Waals surface area contributed by atoms with Crippen molar-refractivity contribution < 1.29 is 27.6 Å². The molecule has 5 rings (SSSR count). The van der Waals surface area contributed by atoms with Crippen molar-refractivity contribution in [2.24, 2.45) is 5.41 Å². The highest BCUT2D eigenvalue weighted by molar-refractivity contribution is 5.66. The number of rotatable bonds is 5. The van der Waals surface area contributed by atoms with Gasteiger partial charge in [-0.05, 0) is 50.2 Å². The Morgan fingerprint density at radius 3 is 2.53 bits per heavy atom. The van der Waals surface area contributed by atoms with Crippen molar-refractivity contribution in [2.75, 3.05) is 18.0 Å². The molecule has 0 atom stereocenters. The van der Waals surface area contributed by atoms with Crippen molar-refractivity contribution in [2.45, 2.75) is 51.4 Å². The van der Waals surface area contributed by atoms with Crippen molar-refractivity contribution in [3.8, 4) is 11.3 Å². The number of benzene rings is 1. The minimum atomic E-state index is -4.41. The standard InChI is InChI=1S/C26H27F3N4O3/c1-17-21(23(31-36-17)18-5-3-2-4-6-18)16-33(24(34)35)20-14-25(15-20)8-11-32(12-9-25)22-13-19(7-10-30-22)26(27,28)29/h2-7,10,13,20H,8-9,11-12,14-16H2,1H3,(H,34,35)/p-1. The molecule has 2 aromatic heterocycles. The van der Waals surface area contributed by atoms with Crippen LogP contribution in [0.3, 0.4) is 0 Å². The van der Waals surface area contributed by atoms with Gasteiger partial charge < -0.3 is 24.2 Å². The van der Waals surface area contributed by atoms with E-state index in [0.29, 0.717) is 43.2 Å². The molecule has 1 aromatic carbocycles. The summed E-state index contributed by atoms with van der Waals surface area (Å²) in [5.74, 6) is 0.888. The SMILES string of the molecule is Cc1onc(-c2ccccc2)c1CN(C(=O)[O-])C1CC2(CCN(c3cc(C(F)(F)F)ccn3)CC2)C1. The van der Waals surface area contributed by atoms with Gasteiger partial charge in [0.25, 0.3) is 0 Å². The third kappa shape index (κ3) is 4.64. The highest BCUT2D eigenvalue weighted by atomic mass is 19.4. The van der Waals surface area contributed by atoms with Crippen molar-refractivity contribution in [3.63, 3.8) is 0 Å². The fourth-order valence-electron chi connectivity index (χ4n) is 5.46. The fraction of sp³-hybridized carbons (Fsp3) is 0.423. The van der Waals surface area contributed by atoms with E-state index in [1.807, 2.05) is 35.2 Å². The van der Waals surface area contributed by atoms with Crippen LogP contribution < -0.4 is 10.0 Å². The first-order valence-electron chi connectivity index (χ1n) is 11.9. The van der Waals surface area contributed by atoms with E-state index < -0.39 is 17.8 Å². The minimum absolute atomic E-state index is 0.0253. The molecule has 2 fully saturated rings. The van der Waals surface area contributed by atoms with Gasteiger partial charge in [0.05, 0.1) is 12.1 Å². The van der Waals surface area contributed by atoms with E-state index in [2.05, 4.69) is 10.1 Å². The minimum Gasteiger partial charge on any atom is -0.530 e. The number of carbonyl (C=O) groups excluding carboxylic acids is 1. The average molecular weight is 500 g/mol. The Morgan fingerprint density at radius 1 is 1.19 bits per heavy atom. The van der Waals surface area contributed by atoms with E-state index in [1.54, 1.807) is 6.92 Å². The zero-order valence-corrected chi connectivity index (χ0v) is 19.8. The number of alkyl halides is 3.